The summed E-state index contributed by atoms with van der Waals surface area (Å²) in [5.41, 5.74) is 0. The van der Waals surface area contributed by atoms with Crippen molar-refractivity contribution in [3.05, 3.63) is 17.5 Å². The largest absolute Gasteiger partial charge is 0.352 e. The zero-order valence-electron chi connectivity index (χ0n) is 9.07. The highest BCUT2D eigenvalue weighted by atomic mass is 35.5. The third-order valence-corrected chi connectivity index (χ3v) is 3.47. The van der Waals surface area contributed by atoms with Gasteiger partial charge in [-0.2, -0.15) is 0 Å². The summed E-state index contributed by atoms with van der Waals surface area (Å²) in [6, 6.07) is 0.471. The second-order valence-electron chi connectivity index (χ2n) is 4.01. The third kappa shape index (κ3) is 2.58. The van der Waals surface area contributed by atoms with E-state index < -0.39 is 0 Å². The van der Waals surface area contributed by atoms with Crippen molar-refractivity contribution in [2.75, 3.05) is 17.3 Å². The summed E-state index contributed by atoms with van der Waals surface area (Å²) < 4.78 is 0. The molecule has 0 radical (unpaired) electrons. The lowest BCUT2D eigenvalue weighted by molar-refractivity contribution is 0.448. The van der Waals surface area contributed by atoms with Gasteiger partial charge in [0.1, 0.15) is 11.3 Å². The fourth-order valence-corrected chi connectivity index (χ4v) is 2.69. The number of aromatic nitrogens is 2. The lowest BCUT2D eigenvalue weighted by atomic mass is 10.00. The van der Waals surface area contributed by atoms with Gasteiger partial charge in [0, 0.05) is 18.5 Å². The molecule has 0 amide bonds. The van der Waals surface area contributed by atoms with Crippen LogP contribution in [0.3, 0.4) is 0 Å². The smallest absolute Gasteiger partial charge is 0.151 e. The molecule has 88 valence electrons. The van der Waals surface area contributed by atoms with Crippen LogP contribution in [-0.4, -0.2) is 28.4 Å². The van der Waals surface area contributed by atoms with Crippen LogP contribution in [0.1, 0.15) is 25.7 Å². The number of hydrogen-bond donors (Lipinski definition) is 0. The van der Waals surface area contributed by atoms with Gasteiger partial charge < -0.3 is 4.90 Å². The van der Waals surface area contributed by atoms with Crippen molar-refractivity contribution in [2.24, 2.45) is 0 Å². The highest BCUT2D eigenvalue weighted by Gasteiger charge is 2.24. The van der Waals surface area contributed by atoms with Gasteiger partial charge in [-0.3, -0.25) is 0 Å². The van der Waals surface area contributed by atoms with Crippen molar-refractivity contribution in [1.29, 1.82) is 0 Å². The van der Waals surface area contributed by atoms with E-state index in [1.165, 1.54) is 19.3 Å². The van der Waals surface area contributed by atoms with Crippen LogP contribution < -0.4 is 4.90 Å². The molecule has 1 saturated heterocycles. The molecule has 1 aromatic heterocycles. The average molecular weight is 260 g/mol. The van der Waals surface area contributed by atoms with Crippen LogP contribution in [-0.2, 0) is 0 Å². The maximum absolute atomic E-state index is 6.12. The Morgan fingerprint density at radius 1 is 1.44 bits per heavy atom. The molecular weight excluding hydrogens is 245 g/mol. The van der Waals surface area contributed by atoms with Gasteiger partial charge in [-0.25, -0.2) is 9.97 Å². The number of anilines is 1. The van der Waals surface area contributed by atoms with Crippen LogP contribution in [0.25, 0.3) is 0 Å². The Morgan fingerprint density at radius 3 is 3.06 bits per heavy atom. The van der Waals surface area contributed by atoms with Crippen LogP contribution in [0.2, 0.25) is 5.02 Å². The van der Waals surface area contributed by atoms with Gasteiger partial charge >= 0.3 is 0 Å². The van der Waals surface area contributed by atoms with E-state index >= 15 is 0 Å². The van der Waals surface area contributed by atoms with Crippen LogP contribution in [0.4, 0.5) is 5.82 Å². The molecule has 5 heteroatoms. The first-order valence-corrected chi connectivity index (χ1v) is 6.52. The molecule has 0 spiro atoms. The summed E-state index contributed by atoms with van der Waals surface area (Å²) >= 11 is 12.0. The predicted octanol–water partition coefficient (Wildman–Crippen LogP) is 3.12. The molecule has 0 aromatic carbocycles. The zero-order chi connectivity index (χ0) is 11.4. The van der Waals surface area contributed by atoms with Crippen molar-refractivity contribution in [1.82, 2.24) is 9.97 Å². The van der Waals surface area contributed by atoms with E-state index in [-0.39, 0.29) is 0 Å². The summed E-state index contributed by atoms with van der Waals surface area (Å²) in [5.74, 6) is 1.54. The number of nitrogens with zero attached hydrogens (tertiary/aromatic N) is 3. The monoisotopic (exact) mass is 259 g/mol. The van der Waals surface area contributed by atoms with Crippen molar-refractivity contribution < 1.29 is 0 Å². The molecule has 1 unspecified atom stereocenters. The lowest BCUT2D eigenvalue weighted by Crippen LogP contribution is -2.40. The highest BCUT2D eigenvalue weighted by Crippen LogP contribution is 2.29. The highest BCUT2D eigenvalue weighted by molar-refractivity contribution is 6.32. The molecule has 2 heterocycles. The van der Waals surface area contributed by atoms with Gasteiger partial charge in [0.05, 0.1) is 6.20 Å². The van der Waals surface area contributed by atoms with Crippen molar-refractivity contribution in [3.63, 3.8) is 0 Å². The minimum absolute atomic E-state index is 0.471. The van der Waals surface area contributed by atoms with Crippen molar-refractivity contribution in [3.8, 4) is 0 Å². The van der Waals surface area contributed by atoms with E-state index in [4.69, 9.17) is 23.2 Å². The molecule has 0 N–H and O–H groups in total. The summed E-state index contributed by atoms with van der Waals surface area (Å²) in [4.78, 5) is 10.5. The predicted molar refractivity (Wildman–Crippen MR) is 67.4 cm³/mol. The minimum Gasteiger partial charge on any atom is -0.352 e. The molecule has 1 aliphatic heterocycles. The third-order valence-electron chi connectivity index (χ3n) is 2.99. The second kappa shape index (κ2) is 5.69. The Morgan fingerprint density at radius 2 is 2.31 bits per heavy atom. The fraction of sp³-hybridized carbons (Fsp3) is 0.636. The lowest BCUT2D eigenvalue weighted by Gasteiger charge is -2.36. The molecule has 3 nitrogen and oxygen atoms in total. The SMILES string of the molecule is ClCCC1CCCCN1c1ncncc1Cl. The Balaban J connectivity index is 2.19. The van der Waals surface area contributed by atoms with Crippen LogP contribution in [0.5, 0.6) is 0 Å². The summed E-state index contributed by atoms with van der Waals surface area (Å²) in [6.07, 6.45) is 7.82. The van der Waals surface area contributed by atoms with Crippen LogP contribution in [0, 0.1) is 0 Å². The number of hydrogen-bond acceptors (Lipinski definition) is 3. The van der Waals surface area contributed by atoms with Gasteiger partial charge in [-0.1, -0.05) is 11.6 Å². The molecule has 0 bridgehead atoms. The first-order chi connectivity index (χ1) is 7.83. The normalized spacial score (nSPS) is 21.1. The van der Waals surface area contributed by atoms with E-state index in [9.17, 15) is 0 Å². The van der Waals surface area contributed by atoms with E-state index in [0.717, 1.165) is 18.8 Å². The molecular formula is C11H15Cl2N3. The van der Waals surface area contributed by atoms with Gasteiger partial charge in [0.2, 0.25) is 0 Å². The number of halogens is 2. The number of alkyl halides is 1. The first-order valence-electron chi connectivity index (χ1n) is 5.61. The molecule has 1 aromatic rings. The molecule has 1 aliphatic rings. The van der Waals surface area contributed by atoms with Gasteiger partial charge in [-0.15, -0.1) is 11.6 Å². The van der Waals surface area contributed by atoms with Gasteiger partial charge in [0.25, 0.3) is 0 Å². The number of rotatable bonds is 3. The number of piperidine rings is 1. The summed E-state index contributed by atoms with van der Waals surface area (Å²) in [7, 11) is 0. The Kier molecular flexibility index (Phi) is 4.24. The second-order valence-corrected chi connectivity index (χ2v) is 4.80. The van der Waals surface area contributed by atoms with E-state index in [1.807, 2.05) is 0 Å². The van der Waals surface area contributed by atoms with Crippen LogP contribution in [0.15, 0.2) is 12.5 Å². The molecule has 2 rings (SSSR count). The Hall–Kier alpha value is -0.540. The summed E-state index contributed by atoms with van der Waals surface area (Å²) in [6.45, 7) is 1.01. The van der Waals surface area contributed by atoms with Crippen molar-refractivity contribution in [2.45, 2.75) is 31.7 Å². The summed E-state index contributed by atoms with van der Waals surface area (Å²) in [5, 5.41) is 0.629. The van der Waals surface area contributed by atoms with Gasteiger partial charge in [0.15, 0.2) is 5.82 Å². The maximum Gasteiger partial charge on any atom is 0.151 e. The van der Waals surface area contributed by atoms with E-state index in [1.54, 1.807) is 12.5 Å². The van der Waals surface area contributed by atoms with Crippen LogP contribution >= 0.6 is 23.2 Å². The maximum atomic E-state index is 6.12. The fourth-order valence-electron chi connectivity index (χ4n) is 2.22. The quantitative estimate of drug-likeness (QED) is 0.782. The topological polar surface area (TPSA) is 29.0 Å². The molecule has 1 fully saturated rings. The standard InChI is InChI=1S/C11H15Cl2N3/c12-5-4-9-3-1-2-6-16(9)11-10(13)7-14-8-15-11/h7-9H,1-6H2. The van der Waals surface area contributed by atoms with E-state index in [0.29, 0.717) is 16.9 Å². The van der Waals surface area contributed by atoms with E-state index in [2.05, 4.69) is 14.9 Å². The molecule has 0 saturated carbocycles. The molecule has 0 aliphatic carbocycles. The molecule has 1 atom stereocenters. The Bertz CT molecular complexity index is 344. The van der Waals surface area contributed by atoms with Crippen molar-refractivity contribution >= 4 is 29.0 Å². The minimum atomic E-state index is 0.471. The first kappa shape index (κ1) is 11.9. The average Bonchev–Trinajstić information content (AvgIpc) is 2.31. The zero-order valence-corrected chi connectivity index (χ0v) is 10.6. The van der Waals surface area contributed by atoms with Gasteiger partial charge in [-0.05, 0) is 25.7 Å². The Labute approximate surface area is 106 Å². The molecule has 16 heavy (non-hydrogen) atoms.